The molecule has 0 spiro atoms. The van der Waals surface area contributed by atoms with Gasteiger partial charge in [0.05, 0.1) is 5.56 Å². The largest absolute Gasteiger partial charge is 0.454 e. The van der Waals surface area contributed by atoms with Crippen molar-refractivity contribution in [2.75, 3.05) is 6.61 Å². The van der Waals surface area contributed by atoms with E-state index in [0.717, 1.165) is 27.7 Å². The van der Waals surface area contributed by atoms with Crippen molar-refractivity contribution in [3.63, 3.8) is 0 Å². The summed E-state index contributed by atoms with van der Waals surface area (Å²) in [6.07, 6.45) is 3.62. The molecule has 0 aliphatic rings. The van der Waals surface area contributed by atoms with Crippen LogP contribution >= 0.6 is 11.6 Å². The molecule has 0 atom stereocenters. The van der Waals surface area contributed by atoms with Crippen molar-refractivity contribution in [1.29, 1.82) is 0 Å². The first-order valence-electron chi connectivity index (χ1n) is 9.69. The number of carbonyl (C=O) groups is 2. The third-order valence-electron chi connectivity index (χ3n) is 5.03. The summed E-state index contributed by atoms with van der Waals surface area (Å²) in [5.41, 5.74) is 2.01. The molecule has 0 aliphatic carbocycles. The van der Waals surface area contributed by atoms with Gasteiger partial charge >= 0.3 is 11.7 Å². The highest BCUT2D eigenvalue weighted by Gasteiger charge is 2.18. The number of halogens is 1. The maximum atomic E-state index is 12.6. The minimum Gasteiger partial charge on any atom is -0.454 e. The van der Waals surface area contributed by atoms with Gasteiger partial charge in [-0.1, -0.05) is 11.6 Å². The Morgan fingerprint density at radius 2 is 1.75 bits per heavy atom. The van der Waals surface area contributed by atoms with Crippen LogP contribution in [0.3, 0.4) is 0 Å². The van der Waals surface area contributed by atoms with Crippen molar-refractivity contribution in [2.24, 2.45) is 14.1 Å². The first-order chi connectivity index (χ1) is 15.1. The van der Waals surface area contributed by atoms with Gasteiger partial charge in [0, 0.05) is 54.0 Å². The van der Waals surface area contributed by atoms with E-state index >= 15 is 0 Å². The Labute approximate surface area is 188 Å². The van der Waals surface area contributed by atoms with Gasteiger partial charge in [-0.2, -0.15) is 0 Å². The molecule has 32 heavy (non-hydrogen) atoms. The molecular weight excluding hydrogens is 434 g/mol. The first-order valence-corrected chi connectivity index (χ1v) is 10.1. The fourth-order valence-corrected chi connectivity index (χ4v) is 3.53. The van der Waals surface area contributed by atoms with Crippen LogP contribution in [0, 0.1) is 13.8 Å². The standard InChI is InChI=1S/C23H22ClN3O5/c1-14-11-19(15(2)27(14)18-8-6-17(24)7-9-18)20(28)13-32-21(29)10-5-16-12-25(3)23(31)26(4)22(16)30/h5-12H,13H2,1-4H3/b10-5+. The van der Waals surface area contributed by atoms with Gasteiger partial charge in [0.2, 0.25) is 5.78 Å². The number of aryl methyl sites for hydroxylation is 2. The lowest BCUT2D eigenvalue weighted by atomic mass is 10.1. The summed E-state index contributed by atoms with van der Waals surface area (Å²) < 4.78 is 9.13. The molecule has 9 heteroatoms. The molecule has 0 saturated heterocycles. The van der Waals surface area contributed by atoms with Crippen LogP contribution in [0.15, 0.2) is 52.2 Å². The number of nitrogens with zero attached hydrogens (tertiary/aromatic N) is 3. The fourth-order valence-electron chi connectivity index (χ4n) is 3.40. The van der Waals surface area contributed by atoms with Crippen molar-refractivity contribution in [1.82, 2.24) is 13.7 Å². The summed E-state index contributed by atoms with van der Waals surface area (Å²) in [5, 5.41) is 0.614. The minimum absolute atomic E-state index is 0.143. The quantitative estimate of drug-likeness (QED) is 0.323. The zero-order valence-corrected chi connectivity index (χ0v) is 18.8. The number of aromatic nitrogens is 3. The van der Waals surface area contributed by atoms with Crippen molar-refractivity contribution in [2.45, 2.75) is 13.8 Å². The number of hydrogen-bond donors (Lipinski definition) is 0. The van der Waals surface area contributed by atoms with Crippen LogP contribution in [0.4, 0.5) is 0 Å². The Morgan fingerprint density at radius 1 is 1.09 bits per heavy atom. The summed E-state index contributed by atoms with van der Waals surface area (Å²) in [6, 6.07) is 8.98. The van der Waals surface area contributed by atoms with E-state index in [2.05, 4.69) is 0 Å². The SMILES string of the molecule is Cc1cc(C(=O)COC(=O)/C=C/c2cn(C)c(=O)n(C)c2=O)c(C)n1-c1ccc(Cl)cc1. The van der Waals surface area contributed by atoms with Crippen LogP contribution in [-0.4, -0.2) is 32.1 Å². The number of carbonyl (C=O) groups excluding carboxylic acids is 2. The van der Waals surface area contributed by atoms with Gasteiger partial charge in [-0.15, -0.1) is 0 Å². The third kappa shape index (κ3) is 4.65. The maximum Gasteiger partial charge on any atom is 0.331 e. The molecule has 3 aromatic rings. The number of Topliss-reactive ketones (excluding diaryl/α,β-unsaturated/α-hetero) is 1. The van der Waals surface area contributed by atoms with Crippen LogP contribution in [0.1, 0.15) is 27.3 Å². The van der Waals surface area contributed by atoms with Crippen molar-refractivity contribution < 1.29 is 14.3 Å². The van der Waals surface area contributed by atoms with Gasteiger partial charge in [0.25, 0.3) is 5.56 Å². The summed E-state index contributed by atoms with van der Waals surface area (Å²) >= 11 is 5.95. The highest BCUT2D eigenvalue weighted by Crippen LogP contribution is 2.22. The third-order valence-corrected chi connectivity index (χ3v) is 5.29. The number of ketones is 1. The Morgan fingerprint density at radius 3 is 2.41 bits per heavy atom. The Kier molecular flexibility index (Phi) is 6.64. The van der Waals surface area contributed by atoms with E-state index < -0.39 is 23.8 Å². The first kappa shape index (κ1) is 23.0. The average Bonchev–Trinajstić information content (AvgIpc) is 3.06. The van der Waals surface area contributed by atoms with E-state index in [1.54, 1.807) is 18.2 Å². The molecular formula is C23H22ClN3O5. The molecule has 2 heterocycles. The molecule has 0 fully saturated rings. The molecule has 0 bridgehead atoms. The van der Waals surface area contributed by atoms with Crippen molar-refractivity contribution in [3.8, 4) is 5.69 Å². The second kappa shape index (κ2) is 9.23. The normalized spacial score (nSPS) is 11.2. The smallest absolute Gasteiger partial charge is 0.331 e. The van der Waals surface area contributed by atoms with E-state index in [1.807, 2.05) is 30.5 Å². The topological polar surface area (TPSA) is 92.3 Å². The summed E-state index contributed by atoms with van der Waals surface area (Å²) in [6.45, 7) is 3.24. The van der Waals surface area contributed by atoms with Crippen LogP contribution in [0.25, 0.3) is 11.8 Å². The van der Waals surface area contributed by atoms with E-state index in [4.69, 9.17) is 16.3 Å². The van der Waals surface area contributed by atoms with E-state index in [0.29, 0.717) is 10.6 Å². The van der Waals surface area contributed by atoms with Crippen LogP contribution in [-0.2, 0) is 23.6 Å². The molecule has 8 nitrogen and oxygen atoms in total. The zero-order chi connectivity index (χ0) is 23.6. The molecule has 0 saturated carbocycles. The Balaban J connectivity index is 1.71. The summed E-state index contributed by atoms with van der Waals surface area (Å²) in [4.78, 5) is 48.5. The lowest BCUT2D eigenvalue weighted by Crippen LogP contribution is -2.37. The van der Waals surface area contributed by atoms with E-state index in [9.17, 15) is 19.2 Å². The fraction of sp³-hybridized carbons (Fsp3) is 0.217. The second-order valence-corrected chi connectivity index (χ2v) is 7.74. The molecule has 0 unspecified atom stereocenters. The molecule has 0 amide bonds. The number of rotatable bonds is 6. The molecule has 2 aromatic heterocycles. The minimum atomic E-state index is -0.777. The van der Waals surface area contributed by atoms with Crippen molar-refractivity contribution >= 4 is 29.4 Å². The highest BCUT2D eigenvalue weighted by molar-refractivity contribution is 6.30. The van der Waals surface area contributed by atoms with E-state index in [1.165, 1.54) is 30.9 Å². The molecule has 0 aliphatic heterocycles. The number of benzene rings is 1. The molecule has 0 radical (unpaired) electrons. The predicted molar refractivity (Wildman–Crippen MR) is 122 cm³/mol. The maximum absolute atomic E-state index is 12.6. The lowest BCUT2D eigenvalue weighted by Gasteiger charge is -2.10. The van der Waals surface area contributed by atoms with Crippen LogP contribution in [0.2, 0.25) is 5.02 Å². The molecule has 1 aromatic carbocycles. The summed E-state index contributed by atoms with van der Waals surface area (Å²) in [5.74, 6) is -1.13. The average molecular weight is 456 g/mol. The van der Waals surface area contributed by atoms with Crippen LogP contribution < -0.4 is 11.2 Å². The number of esters is 1. The molecule has 166 valence electrons. The van der Waals surface area contributed by atoms with Gasteiger partial charge in [0.15, 0.2) is 6.61 Å². The van der Waals surface area contributed by atoms with Crippen LogP contribution in [0.5, 0.6) is 0 Å². The van der Waals surface area contributed by atoms with Gasteiger partial charge in [-0.05, 0) is 50.3 Å². The van der Waals surface area contributed by atoms with Crippen molar-refractivity contribution in [3.05, 3.63) is 91.0 Å². The van der Waals surface area contributed by atoms with Gasteiger partial charge in [-0.25, -0.2) is 9.59 Å². The predicted octanol–water partition coefficient (Wildman–Crippen LogP) is 2.58. The monoisotopic (exact) mass is 455 g/mol. The molecule has 3 rings (SSSR count). The highest BCUT2D eigenvalue weighted by atomic mass is 35.5. The number of hydrogen-bond acceptors (Lipinski definition) is 5. The van der Waals surface area contributed by atoms with Gasteiger partial charge < -0.3 is 13.9 Å². The van der Waals surface area contributed by atoms with E-state index in [-0.39, 0.29) is 11.3 Å². The Hall–Kier alpha value is -3.65. The molecule has 0 N–H and O–H groups in total. The van der Waals surface area contributed by atoms with Gasteiger partial charge in [-0.3, -0.25) is 14.2 Å². The Bertz CT molecular complexity index is 1340. The second-order valence-electron chi connectivity index (χ2n) is 7.30. The lowest BCUT2D eigenvalue weighted by molar-refractivity contribution is -0.136. The summed E-state index contributed by atoms with van der Waals surface area (Å²) in [7, 11) is 2.84. The zero-order valence-electron chi connectivity index (χ0n) is 18.1. The van der Waals surface area contributed by atoms with Gasteiger partial charge in [0.1, 0.15) is 0 Å². The number of ether oxygens (including phenoxy) is 1.